The van der Waals surface area contributed by atoms with Gasteiger partial charge in [-0.3, -0.25) is 0 Å². The first kappa shape index (κ1) is 16.9. The Hall–Kier alpha value is -2.93. The van der Waals surface area contributed by atoms with Crippen molar-refractivity contribution in [1.82, 2.24) is 9.97 Å². The molecule has 128 valence electrons. The topological polar surface area (TPSA) is 106 Å². The van der Waals surface area contributed by atoms with Gasteiger partial charge in [-0.05, 0) is 36.8 Å². The van der Waals surface area contributed by atoms with Crippen LogP contribution in [0.15, 0.2) is 53.4 Å². The Labute approximate surface area is 145 Å². The lowest BCUT2D eigenvalue weighted by Crippen LogP contribution is -2.03. The van der Waals surface area contributed by atoms with Gasteiger partial charge in [-0.1, -0.05) is 24.3 Å². The minimum atomic E-state index is -3.28. The smallest absolute Gasteiger partial charge is 0.220 e. The summed E-state index contributed by atoms with van der Waals surface area (Å²) < 4.78 is 23.3. The summed E-state index contributed by atoms with van der Waals surface area (Å²) in [5.41, 5.74) is 9.25. The maximum Gasteiger partial charge on any atom is 0.220 e. The third-order valence-electron chi connectivity index (χ3n) is 3.80. The molecule has 0 spiro atoms. The van der Waals surface area contributed by atoms with Gasteiger partial charge in [0.2, 0.25) is 5.95 Å². The van der Waals surface area contributed by atoms with Crippen LogP contribution in [-0.4, -0.2) is 29.7 Å². The highest BCUT2D eigenvalue weighted by Gasteiger charge is 2.16. The first-order valence-electron chi connectivity index (χ1n) is 7.50. The predicted octanol–water partition coefficient (Wildman–Crippen LogP) is 2.81. The van der Waals surface area contributed by atoms with Gasteiger partial charge in [0, 0.05) is 17.4 Å². The first-order valence-corrected chi connectivity index (χ1v) is 9.39. The van der Waals surface area contributed by atoms with E-state index in [9.17, 15) is 13.5 Å². The monoisotopic (exact) mass is 355 g/mol. The Balaban J connectivity index is 2.22. The Kier molecular flexibility index (Phi) is 4.18. The van der Waals surface area contributed by atoms with E-state index < -0.39 is 9.84 Å². The number of phenolic OH excluding ortho intramolecular Hbond substituents is 1. The fourth-order valence-electron chi connectivity index (χ4n) is 2.67. The van der Waals surface area contributed by atoms with E-state index in [1.165, 1.54) is 12.1 Å². The van der Waals surface area contributed by atoms with Crippen LogP contribution in [0, 0.1) is 6.92 Å². The summed E-state index contributed by atoms with van der Waals surface area (Å²) in [5, 5.41) is 9.78. The van der Waals surface area contributed by atoms with E-state index in [4.69, 9.17) is 5.73 Å². The molecule has 0 saturated carbocycles. The number of sulfone groups is 1. The largest absolute Gasteiger partial charge is 0.508 e. The van der Waals surface area contributed by atoms with Gasteiger partial charge in [-0.2, -0.15) is 0 Å². The molecule has 0 radical (unpaired) electrons. The third kappa shape index (κ3) is 3.46. The average molecular weight is 355 g/mol. The maximum atomic E-state index is 11.6. The molecule has 7 heteroatoms. The van der Waals surface area contributed by atoms with Crippen LogP contribution in [0.4, 0.5) is 5.95 Å². The summed E-state index contributed by atoms with van der Waals surface area (Å²) in [6, 6.07) is 13.2. The van der Waals surface area contributed by atoms with Crippen LogP contribution in [-0.2, 0) is 9.84 Å². The molecule has 6 nitrogen and oxygen atoms in total. The number of nitrogen functional groups attached to an aromatic ring is 1. The Morgan fingerprint density at radius 3 is 2.28 bits per heavy atom. The molecule has 0 aliphatic heterocycles. The number of benzene rings is 2. The van der Waals surface area contributed by atoms with E-state index in [1.807, 2.05) is 13.0 Å². The number of aryl methyl sites for hydroxylation is 1. The van der Waals surface area contributed by atoms with Crippen molar-refractivity contribution in [2.24, 2.45) is 0 Å². The molecule has 3 aromatic rings. The van der Waals surface area contributed by atoms with Crippen LogP contribution in [0.1, 0.15) is 5.69 Å². The van der Waals surface area contributed by atoms with E-state index >= 15 is 0 Å². The number of rotatable bonds is 3. The summed E-state index contributed by atoms with van der Waals surface area (Å²) in [5.74, 6) is 0.260. The zero-order valence-electron chi connectivity index (χ0n) is 13.8. The average Bonchev–Trinajstić information content (AvgIpc) is 2.53. The zero-order chi connectivity index (χ0) is 18.2. The second-order valence-electron chi connectivity index (χ2n) is 5.74. The van der Waals surface area contributed by atoms with Crippen molar-refractivity contribution >= 4 is 15.8 Å². The number of nitrogens with zero attached hydrogens (tertiary/aromatic N) is 2. The highest BCUT2D eigenvalue weighted by molar-refractivity contribution is 7.90. The standard InChI is InChI=1S/C18H17N3O3S/c1-11-16(13-4-3-5-14(22)10-13)17(21-18(19)20-11)12-6-8-15(9-7-12)25(2,23)24/h3-10,22H,1-2H3,(H2,19,20,21). The summed E-state index contributed by atoms with van der Waals surface area (Å²) in [6.07, 6.45) is 1.16. The molecule has 2 aromatic carbocycles. The van der Waals surface area contributed by atoms with E-state index in [0.717, 1.165) is 17.4 Å². The molecule has 0 fully saturated rings. The van der Waals surface area contributed by atoms with Crippen LogP contribution in [0.3, 0.4) is 0 Å². The number of nitrogens with two attached hydrogens (primary N) is 1. The zero-order valence-corrected chi connectivity index (χ0v) is 14.6. The lowest BCUT2D eigenvalue weighted by atomic mass is 9.98. The molecule has 1 aromatic heterocycles. The van der Waals surface area contributed by atoms with Crippen molar-refractivity contribution < 1.29 is 13.5 Å². The second-order valence-corrected chi connectivity index (χ2v) is 7.75. The van der Waals surface area contributed by atoms with Crippen molar-refractivity contribution in [1.29, 1.82) is 0 Å². The molecular formula is C18H17N3O3S. The fraction of sp³-hybridized carbons (Fsp3) is 0.111. The molecule has 0 saturated heterocycles. The normalized spacial score (nSPS) is 11.4. The summed E-state index contributed by atoms with van der Waals surface area (Å²) in [4.78, 5) is 8.78. The van der Waals surface area contributed by atoms with E-state index in [0.29, 0.717) is 17.0 Å². The summed E-state index contributed by atoms with van der Waals surface area (Å²) in [7, 11) is -3.28. The minimum absolute atomic E-state index is 0.128. The Morgan fingerprint density at radius 1 is 1.00 bits per heavy atom. The van der Waals surface area contributed by atoms with Gasteiger partial charge in [0.05, 0.1) is 16.3 Å². The van der Waals surface area contributed by atoms with Crippen molar-refractivity contribution in [3.05, 3.63) is 54.2 Å². The van der Waals surface area contributed by atoms with Crippen molar-refractivity contribution in [3.63, 3.8) is 0 Å². The lowest BCUT2D eigenvalue weighted by molar-refractivity contribution is 0.475. The molecule has 1 heterocycles. The van der Waals surface area contributed by atoms with Gasteiger partial charge in [-0.25, -0.2) is 18.4 Å². The number of phenols is 1. The van der Waals surface area contributed by atoms with Crippen LogP contribution in [0.25, 0.3) is 22.4 Å². The van der Waals surface area contributed by atoms with Gasteiger partial charge in [0.25, 0.3) is 0 Å². The highest BCUT2D eigenvalue weighted by atomic mass is 32.2. The third-order valence-corrected chi connectivity index (χ3v) is 4.93. The Bertz CT molecular complexity index is 1050. The van der Waals surface area contributed by atoms with Gasteiger partial charge >= 0.3 is 0 Å². The Morgan fingerprint density at radius 2 is 1.68 bits per heavy atom. The maximum absolute atomic E-state index is 11.6. The molecule has 0 bridgehead atoms. The number of hydrogen-bond donors (Lipinski definition) is 2. The molecule has 0 aliphatic carbocycles. The van der Waals surface area contributed by atoms with Crippen molar-refractivity contribution in [2.45, 2.75) is 11.8 Å². The van der Waals surface area contributed by atoms with Gasteiger partial charge in [0.1, 0.15) is 5.75 Å². The van der Waals surface area contributed by atoms with Crippen molar-refractivity contribution in [2.75, 3.05) is 12.0 Å². The van der Waals surface area contributed by atoms with Gasteiger partial charge in [-0.15, -0.1) is 0 Å². The molecular weight excluding hydrogens is 338 g/mol. The molecule has 3 N–H and O–H groups in total. The SMILES string of the molecule is Cc1nc(N)nc(-c2ccc(S(C)(=O)=O)cc2)c1-c1cccc(O)c1. The van der Waals surface area contributed by atoms with Crippen LogP contribution in [0.2, 0.25) is 0 Å². The summed E-state index contributed by atoms with van der Waals surface area (Å²) in [6.45, 7) is 1.81. The minimum Gasteiger partial charge on any atom is -0.508 e. The highest BCUT2D eigenvalue weighted by Crippen LogP contribution is 2.34. The van der Waals surface area contributed by atoms with Gasteiger partial charge < -0.3 is 10.8 Å². The van der Waals surface area contributed by atoms with Crippen LogP contribution in [0.5, 0.6) is 5.75 Å². The number of aromatic nitrogens is 2. The van der Waals surface area contributed by atoms with Crippen LogP contribution >= 0.6 is 0 Å². The molecule has 0 aliphatic rings. The molecule has 3 rings (SSSR count). The molecule has 0 unspecified atom stereocenters. The lowest BCUT2D eigenvalue weighted by Gasteiger charge is -2.13. The van der Waals surface area contributed by atoms with E-state index in [2.05, 4.69) is 9.97 Å². The fourth-order valence-corrected chi connectivity index (χ4v) is 3.30. The molecule has 0 atom stereocenters. The quantitative estimate of drug-likeness (QED) is 0.748. The van der Waals surface area contributed by atoms with Gasteiger partial charge in [0.15, 0.2) is 9.84 Å². The van der Waals surface area contributed by atoms with E-state index in [-0.39, 0.29) is 16.6 Å². The van der Waals surface area contributed by atoms with Crippen LogP contribution < -0.4 is 5.73 Å². The number of aromatic hydroxyl groups is 1. The molecule has 0 amide bonds. The first-order chi connectivity index (χ1) is 11.8. The second kappa shape index (κ2) is 6.18. The van der Waals surface area contributed by atoms with Crippen molar-refractivity contribution in [3.8, 4) is 28.1 Å². The summed E-state index contributed by atoms with van der Waals surface area (Å²) >= 11 is 0. The number of hydrogen-bond acceptors (Lipinski definition) is 6. The molecule has 25 heavy (non-hydrogen) atoms. The predicted molar refractivity (Wildman–Crippen MR) is 96.8 cm³/mol. The van der Waals surface area contributed by atoms with E-state index in [1.54, 1.807) is 30.3 Å². The number of anilines is 1.